The predicted molar refractivity (Wildman–Crippen MR) is 69.4 cm³/mol. The molecule has 1 unspecified atom stereocenters. The first-order valence-corrected chi connectivity index (χ1v) is 6.15. The summed E-state index contributed by atoms with van der Waals surface area (Å²) in [7, 11) is 0. The first kappa shape index (κ1) is 18.2. The topological polar surface area (TPSA) is 58.7 Å². The van der Waals surface area contributed by atoms with E-state index in [0.29, 0.717) is 6.61 Å². The summed E-state index contributed by atoms with van der Waals surface area (Å²) in [5, 5.41) is 9.17. The van der Waals surface area contributed by atoms with Crippen LogP contribution in [0, 0.1) is 0 Å². The van der Waals surface area contributed by atoms with Gasteiger partial charge >= 0.3 is 0 Å². The van der Waals surface area contributed by atoms with Crippen LogP contribution in [-0.2, 0) is 4.74 Å². The first-order chi connectivity index (χ1) is 7.33. The molecule has 1 atom stereocenters. The van der Waals surface area contributed by atoms with Crippen molar-refractivity contribution >= 4 is 0 Å². The third-order valence-corrected chi connectivity index (χ3v) is 2.38. The number of aliphatic hydroxyl groups is 1. The molecule has 0 heterocycles. The standard InChI is InChI=1S/C6H15NO2.C6H15N/c1-4-9-5(7)6(2,3)8;1-4-7(5-2)6-3/h5,8H,4,7H2,1-3H3;4-6H2,1-3H3. The number of nitrogens with two attached hydrogens (primary N) is 1. The second-order valence-electron chi connectivity index (χ2n) is 4.15. The summed E-state index contributed by atoms with van der Waals surface area (Å²) < 4.78 is 4.93. The van der Waals surface area contributed by atoms with E-state index >= 15 is 0 Å². The number of nitrogens with zero attached hydrogens (tertiary/aromatic N) is 1. The lowest BCUT2D eigenvalue weighted by molar-refractivity contribution is -0.0813. The summed E-state index contributed by atoms with van der Waals surface area (Å²) in [4.78, 5) is 2.38. The van der Waals surface area contributed by atoms with Crippen molar-refractivity contribution in [3.8, 4) is 0 Å². The minimum Gasteiger partial charge on any atom is -0.386 e. The lowest BCUT2D eigenvalue weighted by Gasteiger charge is -2.24. The van der Waals surface area contributed by atoms with Crippen molar-refractivity contribution in [2.45, 2.75) is 53.4 Å². The van der Waals surface area contributed by atoms with Crippen LogP contribution in [0.2, 0.25) is 0 Å². The van der Waals surface area contributed by atoms with E-state index in [0.717, 1.165) is 0 Å². The third-order valence-electron chi connectivity index (χ3n) is 2.38. The van der Waals surface area contributed by atoms with E-state index in [1.807, 2.05) is 6.92 Å². The average Bonchev–Trinajstić information content (AvgIpc) is 2.20. The van der Waals surface area contributed by atoms with Crippen LogP contribution in [-0.4, -0.2) is 48.1 Å². The largest absolute Gasteiger partial charge is 0.386 e. The van der Waals surface area contributed by atoms with Crippen LogP contribution in [0.15, 0.2) is 0 Å². The van der Waals surface area contributed by atoms with Crippen LogP contribution >= 0.6 is 0 Å². The van der Waals surface area contributed by atoms with Gasteiger partial charge in [0.15, 0.2) is 0 Å². The van der Waals surface area contributed by atoms with Gasteiger partial charge in [-0.1, -0.05) is 20.8 Å². The van der Waals surface area contributed by atoms with E-state index < -0.39 is 11.8 Å². The number of rotatable bonds is 6. The van der Waals surface area contributed by atoms with Gasteiger partial charge < -0.3 is 20.5 Å². The molecule has 0 amide bonds. The van der Waals surface area contributed by atoms with Crippen LogP contribution in [0.1, 0.15) is 41.5 Å². The molecule has 0 saturated carbocycles. The Labute approximate surface area is 101 Å². The Balaban J connectivity index is 0. The van der Waals surface area contributed by atoms with Crippen molar-refractivity contribution in [2.24, 2.45) is 5.73 Å². The van der Waals surface area contributed by atoms with Crippen LogP contribution < -0.4 is 5.73 Å². The summed E-state index contributed by atoms with van der Waals surface area (Å²) in [6.07, 6.45) is -0.581. The molecule has 0 rings (SSSR count). The van der Waals surface area contributed by atoms with E-state index in [1.165, 1.54) is 19.6 Å². The highest BCUT2D eigenvalue weighted by atomic mass is 16.5. The van der Waals surface area contributed by atoms with Gasteiger partial charge in [-0.25, -0.2) is 0 Å². The second-order valence-corrected chi connectivity index (χ2v) is 4.15. The van der Waals surface area contributed by atoms with Crippen molar-refractivity contribution < 1.29 is 9.84 Å². The molecule has 0 fully saturated rings. The van der Waals surface area contributed by atoms with Gasteiger partial charge in [-0.3, -0.25) is 0 Å². The van der Waals surface area contributed by atoms with E-state index in [-0.39, 0.29) is 0 Å². The highest BCUT2D eigenvalue weighted by Crippen LogP contribution is 2.06. The van der Waals surface area contributed by atoms with Crippen LogP contribution in [0.5, 0.6) is 0 Å². The summed E-state index contributed by atoms with van der Waals surface area (Å²) in [5.74, 6) is 0. The molecule has 4 heteroatoms. The van der Waals surface area contributed by atoms with E-state index in [2.05, 4.69) is 25.7 Å². The molecule has 0 aliphatic rings. The van der Waals surface area contributed by atoms with Crippen molar-refractivity contribution in [2.75, 3.05) is 26.2 Å². The smallest absolute Gasteiger partial charge is 0.134 e. The van der Waals surface area contributed by atoms with Crippen LogP contribution in [0.3, 0.4) is 0 Å². The average molecular weight is 234 g/mol. The lowest BCUT2D eigenvalue weighted by atomic mass is 10.1. The molecule has 0 saturated heterocycles. The molecule has 0 aromatic heterocycles. The van der Waals surface area contributed by atoms with Gasteiger partial charge in [0.05, 0.1) is 5.60 Å². The molecule has 0 aromatic carbocycles. The van der Waals surface area contributed by atoms with E-state index in [9.17, 15) is 0 Å². The Morgan fingerprint density at radius 1 is 1.12 bits per heavy atom. The molecular weight excluding hydrogens is 204 g/mol. The summed E-state index contributed by atoms with van der Waals surface area (Å²) in [5.41, 5.74) is 4.45. The van der Waals surface area contributed by atoms with Gasteiger partial charge in [0.2, 0.25) is 0 Å². The number of ether oxygens (including phenoxy) is 1. The van der Waals surface area contributed by atoms with Gasteiger partial charge in [-0.2, -0.15) is 0 Å². The van der Waals surface area contributed by atoms with Gasteiger partial charge in [-0.15, -0.1) is 0 Å². The van der Waals surface area contributed by atoms with Crippen molar-refractivity contribution in [1.82, 2.24) is 4.90 Å². The molecule has 0 aliphatic heterocycles. The lowest BCUT2D eigenvalue weighted by Crippen LogP contribution is -2.44. The fourth-order valence-corrected chi connectivity index (χ4v) is 1.05. The first-order valence-electron chi connectivity index (χ1n) is 6.15. The summed E-state index contributed by atoms with van der Waals surface area (Å²) in [6.45, 7) is 15.7. The number of hydrogen-bond donors (Lipinski definition) is 2. The Bertz CT molecular complexity index is 137. The van der Waals surface area contributed by atoms with E-state index in [1.54, 1.807) is 13.8 Å². The SMILES string of the molecule is CCN(CC)CC.CCOC(N)C(C)(C)O. The fourth-order valence-electron chi connectivity index (χ4n) is 1.05. The molecule has 16 heavy (non-hydrogen) atoms. The zero-order valence-electron chi connectivity index (χ0n) is 11.8. The predicted octanol–water partition coefficient (Wildman–Crippen LogP) is 1.43. The molecule has 3 N–H and O–H groups in total. The Hall–Kier alpha value is -0.160. The van der Waals surface area contributed by atoms with Crippen molar-refractivity contribution in [3.05, 3.63) is 0 Å². The normalized spacial score (nSPS) is 13.3. The minimum atomic E-state index is -0.935. The van der Waals surface area contributed by atoms with Crippen molar-refractivity contribution in [3.63, 3.8) is 0 Å². The molecule has 0 radical (unpaired) electrons. The van der Waals surface area contributed by atoms with E-state index in [4.69, 9.17) is 15.6 Å². The summed E-state index contributed by atoms with van der Waals surface area (Å²) in [6, 6.07) is 0. The zero-order valence-corrected chi connectivity index (χ0v) is 11.8. The number of hydrogen-bond acceptors (Lipinski definition) is 4. The Morgan fingerprint density at radius 3 is 1.56 bits per heavy atom. The third kappa shape index (κ3) is 10.4. The van der Waals surface area contributed by atoms with Crippen LogP contribution in [0.25, 0.3) is 0 Å². The molecule has 4 nitrogen and oxygen atoms in total. The Kier molecular flexibility index (Phi) is 11.4. The highest BCUT2D eigenvalue weighted by molar-refractivity contribution is 4.71. The van der Waals surface area contributed by atoms with Gasteiger partial charge in [-0.05, 0) is 40.4 Å². The second kappa shape index (κ2) is 10.0. The maximum atomic E-state index is 9.17. The molecule has 0 spiro atoms. The van der Waals surface area contributed by atoms with Crippen LogP contribution in [0.4, 0.5) is 0 Å². The molecule has 0 aliphatic carbocycles. The van der Waals surface area contributed by atoms with Crippen molar-refractivity contribution in [1.29, 1.82) is 0 Å². The molecule has 0 aromatic rings. The highest BCUT2D eigenvalue weighted by Gasteiger charge is 2.22. The molecule has 0 bridgehead atoms. The Morgan fingerprint density at radius 2 is 1.50 bits per heavy atom. The molecule has 100 valence electrons. The van der Waals surface area contributed by atoms with Gasteiger partial charge in [0, 0.05) is 6.61 Å². The minimum absolute atomic E-state index is 0.533. The molecular formula is C12H30N2O2. The monoisotopic (exact) mass is 234 g/mol. The van der Waals surface area contributed by atoms with Gasteiger partial charge in [0.1, 0.15) is 6.23 Å². The quantitative estimate of drug-likeness (QED) is 0.683. The zero-order chi connectivity index (χ0) is 13.2. The fraction of sp³-hybridized carbons (Fsp3) is 1.00. The maximum Gasteiger partial charge on any atom is 0.134 e. The maximum absolute atomic E-state index is 9.17. The summed E-state index contributed by atoms with van der Waals surface area (Å²) >= 11 is 0. The van der Waals surface area contributed by atoms with Gasteiger partial charge in [0.25, 0.3) is 0 Å².